The van der Waals surface area contributed by atoms with Crippen molar-refractivity contribution in [3.05, 3.63) is 52.9 Å². The van der Waals surface area contributed by atoms with Gasteiger partial charge in [0.1, 0.15) is 11.5 Å². The van der Waals surface area contributed by atoms with Crippen LogP contribution in [-0.4, -0.2) is 32.4 Å². The molecule has 1 aliphatic rings. The van der Waals surface area contributed by atoms with Crippen LogP contribution in [0.1, 0.15) is 29.0 Å². The SMILES string of the molecule is CS(=O)(=O)NCc1noc2c1CC(NCCc1ccccc1)CC2. The smallest absolute Gasteiger partial charge is 0.209 e. The van der Waals surface area contributed by atoms with Crippen molar-refractivity contribution < 1.29 is 12.9 Å². The fourth-order valence-corrected chi connectivity index (χ4v) is 3.44. The van der Waals surface area contributed by atoms with E-state index < -0.39 is 10.0 Å². The van der Waals surface area contributed by atoms with Gasteiger partial charge in [0.15, 0.2) is 0 Å². The molecule has 7 heteroatoms. The lowest BCUT2D eigenvalue weighted by molar-refractivity contribution is 0.352. The van der Waals surface area contributed by atoms with E-state index >= 15 is 0 Å². The number of hydrogen-bond acceptors (Lipinski definition) is 5. The number of aryl methyl sites for hydroxylation is 1. The van der Waals surface area contributed by atoms with E-state index in [1.807, 2.05) is 6.07 Å². The Bertz CT molecular complexity index is 772. The van der Waals surface area contributed by atoms with Crippen LogP contribution in [0.3, 0.4) is 0 Å². The Morgan fingerprint density at radius 2 is 2.08 bits per heavy atom. The molecule has 3 rings (SSSR count). The van der Waals surface area contributed by atoms with E-state index in [1.54, 1.807) is 0 Å². The summed E-state index contributed by atoms with van der Waals surface area (Å²) in [6, 6.07) is 10.8. The molecular formula is C17H23N3O3S. The van der Waals surface area contributed by atoms with Crippen molar-refractivity contribution in [1.29, 1.82) is 0 Å². The monoisotopic (exact) mass is 349 g/mol. The van der Waals surface area contributed by atoms with Gasteiger partial charge in [-0.1, -0.05) is 35.5 Å². The average Bonchev–Trinajstić information content (AvgIpc) is 2.96. The second-order valence-electron chi connectivity index (χ2n) is 6.25. The van der Waals surface area contributed by atoms with Crippen molar-refractivity contribution in [2.24, 2.45) is 0 Å². The second-order valence-corrected chi connectivity index (χ2v) is 8.09. The Morgan fingerprint density at radius 3 is 2.83 bits per heavy atom. The zero-order valence-electron chi connectivity index (χ0n) is 13.8. The normalized spacial score (nSPS) is 17.6. The quantitative estimate of drug-likeness (QED) is 0.790. The molecule has 0 saturated carbocycles. The lowest BCUT2D eigenvalue weighted by atomic mass is 9.92. The third-order valence-corrected chi connectivity index (χ3v) is 4.98. The van der Waals surface area contributed by atoms with Gasteiger partial charge in [-0.05, 0) is 31.4 Å². The molecule has 0 aliphatic heterocycles. The lowest BCUT2D eigenvalue weighted by Crippen LogP contribution is -2.36. The first-order valence-electron chi connectivity index (χ1n) is 8.19. The molecule has 24 heavy (non-hydrogen) atoms. The van der Waals surface area contributed by atoms with Crippen molar-refractivity contribution in [1.82, 2.24) is 15.2 Å². The van der Waals surface area contributed by atoms with E-state index in [0.29, 0.717) is 11.7 Å². The molecule has 1 unspecified atom stereocenters. The summed E-state index contributed by atoms with van der Waals surface area (Å²) in [4.78, 5) is 0. The zero-order chi connectivity index (χ0) is 17.0. The highest BCUT2D eigenvalue weighted by molar-refractivity contribution is 7.88. The zero-order valence-corrected chi connectivity index (χ0v) is 14.6. The molecule has 2 N–H and O–H groups in total. The van der Waals surface area contributed by atoms with Crippen molar-refractivity contribution in [2.75, 3.05) is 12.8 Å². The number of hydrogen-bond donors (Lipinski definition) is 2. The van der Waals surface area contributed by atoms with Crippen molar-refractivity contribution in [3.8, 4) is 0 Å². The Hall–Kier alpha value is -1.70. The third-order valence-electron chi connectivity index (χ3n) is 4.31. The molecule has 2 aromatic rings. The van der Waals surface area contributed by atoms with E-state index in [-0.39, 0.29) is 6.54 Å². The highest BCUT2D eigenvalue weighted by Gasteiger charge is 2.25. The summed E-state index contributed by atoms with van der Waals surface area (Å²) in [6.07, 6.45) is 4.82. The van der Waals surface area contributed by atoms with E-state index in [1.165, 1.54) is 5.56 Å². The third kappa shape index (κ3) is 4.66. The van der Waals surface area contributed by atoms with Crippen LogP contribution in [0.2, 0.25) is 0 Å². The fourth-order valence-electron chi connectivity index (χ4n) is 3.04. The molecule has 6 nitrogen and oxygen atoms in total. The van der Waals surface area contributed by atoms with Crippen molar-refractivity contribution in [2.45, 2.75) is 38.3 Å². The van der Waals surface area contributed by atoms with Gasteiger partial charge in [-0.2, -0.15) is 0 Å². The summed E-state index contributed by atoms with van der Waals surface area (Å²) in [5, 5.41) is 7.63. The molecule has 0 radical (unpaired) electrons. The van der Waals surface area contributed by atoms with Crippen LogP contribution in [0.4, 0.5) is 0 Å². The molecule has 1 heterocycles. The topological polar surface area (TPSA) is 84.2 Å². The fraction of sp³-hybridized carbons (Fsp3) is 0.471. The maximum Gasteiger partial charge on any atom is 0.209 e. The average molecular weight is 349 g/mol. The van der Waals surface area contributed by atoms with Crippen LogP contribution in [0.25, 0.3) is 0 Å². The van der Waals surface area contributed by atoms with Crippen LogP contribution in [-0.2, 0) is 35.8 Å². The highest BCUT2D eigenvalue weighted by Crippen LogP contribution is 2.24. The number of sulfonamides is 1. The first-order valence-corrected chi connectivity index (χ1v) is 10.1. The second kappa shape index (κ2) is 7.46. The van der Waals surface area contributed by atoms with Gasteiger partial charge in [-0.25, -0.2) is 13.1 Å². The van der Waals surface area contributed by atoms with Gasteiger partial charge >= 0.3 is 0 Å². The van der Waals surface area contributed by atoms with E-state index in [9.17, 15) is 8.42 Å². The molecular weight excluding hydrogens is 326 g/mol. The van der Waals surface area contributed by atoms with Gasteiger partial charge in [0, 0.05) is 18.0 Å². The summed E-state index contributed by atoms with van der Waals surface area (Å²) < 4.78 is 30.4. The van der Waals surface area contributed by atoms with Gasteiger partial charge in [-0.3, -0.25) is 0 Å². The predicted molar refractivity (Wildman–Crippen MR) is 92.1 cm³/mol. The Kier molecular flexibility index (Phi) is 5.33. The Labute approximate surface area is 142 Å². The number of fused-ring (bicyclic) bond motifs is 1. The van der Waals surface area contributed by atoms with E-state index in [0.717, 1.165) is 49.8 Å². The van der Waals surface area contributed by atoms with Crippen molar-refractivity contribution >= 4 is 10.0 Å². The highest BCUT2D eigenvalue weighted by atomic mass is 32.2. The first kappa shape index (κ1) is 17.1. The van der Waals surface area contributed by atoms with Gasteiger partial charge in [0.25, 0.3) is 0 Å². The molecule has 0 fully saturated rings. The molecule has 0 bridgehead atoms. The first-order chi connectivity index (χ1) is 11.5. The van der Waals surface area contributed by atoms with Crippen LogP contribution >= 0.6 is 0 Å². The summed E-state index contributed by atoms with van der Waals surface area (Å²) >= 11 is 0. The Balaban J connectivity index is 1.54. The van der Waals surface area contributed by atoms with E-state index in [2.05, 4.69) is 39.5 Å². The minimum Gasteiger partial charge on any atom is -0.361 e. The number of nitrogens with one attached hydrogen (secondary N) is 2. The minimum absolute atomic E-state index is 0.189. The largest absolute Gasteiger partial charge is 0.361 e. The van der Waals surface area contributed by atoms with Crippen LogP contribution in [0.15, 0.2) is 34.9 Å². The molecule has 0 spiro atoms. The summed E-state index contributed by atoms with van der Waals surface area (Å²) in [5.74, 6) is 0.890. The van der Waals surface area contributed by atoms with Gasteiger partial charge in [0.2, 0.25) is 10.0 Å². The Morgan fingerprint density at radius 1 is 1.29 bits per heavy atom. The lowest BCUT2D eigenvalue weighted by Gasteiger charge is -2.22. The molecule has 1 atom stereocenters. The maximum atomic E-state index is 11.3. The van der Waals surface area contributed by atoms with Gasteiger partial charge in [-0.15, -0.1) is 0 Å². The number of benzene rings is 1. The summed E-state index contributed by atoms with van der Waals surface area (Å²) in [5.41, 5.74) is 3.07. The van der Waals surface area contributed by atoms with Gasteiger partial charge in [0.05, 0.1) is 12.8 Å². The van der Waals surface area contributed by atoms with E-state index in [4.69, 9.17) is 4.52 Å². The molecule has 1 aromatic heterocycles. The number of rotatable bonds is 7. The maximum absolute atomic E-state index is 11.3. The molecule has 1 aliphatic carbocycles. The molecule has 0 saturated heterocycles. The summed E-state index contributed by atoms with van der Waals surface area (Å²) in [6.45, 7) is 1.11. The number of aromatic nitrogens is 1. The summed E-state index contributed by atoms with van der Waals surface area (Å²) in [7, 11) is -3.23. The van der Waals surface area contributed by atoms with Crippen LogP contribution < -0.4 is 10.0 Å². The molecule has 1 aromatic carbocycles. The van der Waals surface area contributed by atoms with Gasteiger partial charge < -0.3 is 9.84 Å². The number of nitrogens with zero attached hydrogens (tertiary/aromatic N) is 1. The molecule has 130 valence electrons. The standard InChI is InChI=1S/C17H23N3O3S/c1-24(21,22)19-12-16-15-11-14(7-8-17(15)23-20-16)18-10-9-13-5-3-2-4-6-13/h2-6,14,18-19H,7-12H2,1H3. The minimum atomic E-state index is -3.23. The predicted octanol–water partition coefficient (Wildman–Crippen LogP) is 1.41. The molecule has 0 amide bonds. The van der Waals surface area contributed by atoms with Crippen LogP contribution in [0.5, 0.6) is 0 Å². The van der Waals surface area contributed by atoms with Crippen molar-refractivity contribution in [3.63, 3.8) is 0 Å². The van der Waals surface area contributed by atoms with Crippen LogP contribution in [0, 0.1) is 0 Å².